The van der Waals surface area contributed by atoms with Gasteiger partial charge in [-0.25, -0.2) is 0 Å². The van der Waals surface area contributed by atoms with Gasteiger partial charge in [0.2, 0.25) is 0 Å². The fourth-order valence-electron chi connectivity index (χ4n) is 2.15. The summed E-state index contributed by atoms with van der Waals surface area (Å²) in [5, 5.41) is 3.33. The number of hydrogen-bond donors (Lipinski definition) is 1. The highest BCUT2D eigenvalue weighted by molar-refractivity contribution is 5.67. The molecule has 20 heavy (non-hydrogen) atoms. The second kappa shape index (κ2) is 7.06. The van der Waals surface area contributed by atoms with Crippen LogP contribution in [0.2, 0.25) is 0 Å². The molecule has 0 atom stereocenters. The predicted molar refractivity (Wildman–Crippen MR) is 83.0 cm³/mol. The van der Waals surface area contributed by atoms with Gasteiger partial charge in [0.15, 0.2) is 0 Å². The first-order chi connectivity index (χ1) is 9.76. The highest BCUT2D eigenvalue weighted by Crippen LogP contribution is 2.29. The van der Waals surface area contributed by atoms with E-state index in [1.165, 1.54) is 5.56 Å². The number of ether oxygens (including phenoxy) is 1. The summed E-state index contributed by atoms with van der Waals surface area (Å²) in [6, 6.07) is 12.3. The molecule has 106 valence electrons. The van der Waals surface area contributed by atoms with Gasteiger partial charge in [-0.2, -0.15) is 0 Å². The van der Waals surface area contributed by atoms with Crippen LogP contribution in [0.1, 0.15) is 25.1 Å². The Morgan fingerprint density at radius 1 is 1.10 bits per heavy atom. The second-order valence-electron chi connectivity index (χ2n) is 4.65. The molecular formula is C17H22N2O. The van der Waals surface area contributed by atoms with Crippen molar-refractivity contribution in [2.24, 2.45) is 0 Å². The van der Waals surface area contributed by atoms with Gasteiger partial charge in [0.1, 0.15) is 5.75 Å². The van der Waals surface area contributed by atoms with E-state index < -0.39 is 0 Å². The van der Waals surface area contributed by atoms with Gasteiger partial charge in [0.25, 0.3) is 0 Å². The Morgan fingerprint density at radius 2 is 1.90 bits per heavy atom. The van der Waals surface area contributed by atoms with Crippen LogP contribution in [0, 0.1) is 6.92 Å². The van der Waals surface area contributed by atoms with Gasteiger partial charge < -0.3 is 10.1 Å². The van der Waals surface area contributed by atoms with Crippen LogP contribution in [0.5, 0.6) is 5.75 Å². The van der Waals surface area contributed by atoms with Crippen molar-refractivity contribution in [2.45, 2.75) is 27.3 Å². The van der Waals surface area contributed by atoms with Crippen molar-refractivity contribution < 1.29 is 4.74 Å². The first-order valence-corrected chi connectivity index (χ1v) is 7.15. The minimum atomic E-state index is 0.661. The third kappa shape index (κ3) is 3.36. The van der Waals surface area contributed by atoms with Gasteiger partial charge in [0.05, 0.1) is 12.3 Å². The lowest BCUT2D eigenvalue weighted by molar-refractivity contribution is 0.341. The molecule has 0 bridgehead atoms. The Balaban J connectivity index is 2.32. The van der Waals surface area contributed by atoms with E-state index in [-0.39, 0.29) is 0 Å². The third-order valence-electron chi connectivity index (χ3n) is 3.22. The summed E-state index contributed by atoms with van der Waals surface area (Å²) in [6.45, 7) is 8.65. The van der Waals surface area contributed by atoms with Gasteiger partial charge >= 0.3 is 0 Å². The highest BCUT2D eigenvalue weighted by Gasteiger charge is 2.08. The smallest absolute Gasteiger partial charge is 0.128 e. The first kappa shape index (κ1) is 14.5. The lowest BCUT2D eigenvalue weighted by Gasteiger charge is -2.12. The zero-order valence-electron chi connectivity index (χ0n) is 12.4. The van der Waals surface area contributed by atoms with Crippen molar-refractivity contribution in [3.8, 4) is 17.0 Å². The number of nitrogens with one attached hydrogen (secondary N) is 1. The van der Waals surface area contributed by atoms with Crippen LogP contribution in [0.4, 0.5) is 0 Å². The van der Waals surface area contributed by atoms with E-state index in [2.05, 4.69) is 37.4 Å². The number of pyridine rings is 1. The van der Waals surface area contributed by atoms with E-state index in [9.17, 15) is 0 Å². The van der Waals surface area contributed by atoms with Crippen LogP contribution >= 0.6 is 0 Å². The summed E-state index contributed by atoms with van der Waals surface area (Å²) in [6.07, 6.45) is 0. The average molecular weight is 270 g/mol. The summed E-state index contributed by atoms with van der Waals surface area (Å²) in [7, 11) is 0. The van der Waals surface area contributed by atoms with Crippen molar-refractivity contribution in [2.75, 3.05) is 13.2 Å². The number of benzene rings is 1. The number of aromatic nitrogens is 1. The largest absolute Gasteiger partial charge is 0.493 e. The number of hydrogen-bond acceptors (Lipinski definition) is 3. The molecule has 3 heteroatoms. The van der Waals surface area contributed by atoms with Gasteiger partial charge in [-0.3, -0.25) is 4.98 Å². The van der Waals surface area contributed by atoms with E-state index in [1.54, 1.807) is 0 Å². The zero-order chi connectivity index (χ0) is 14.4. The van der Waals surface area contributed by atoms with Crippen LogP contribution < -0.4 is 10.1 Å². The molecule has 0 unspecified atom stereocenters. The van der Waals surface area contributed by atoms with Crippen LogP contribution in [-0.4, -0.2) is 18.1 Å². The maximum Gasteiger partial charge on any atom is 0.128 e. The average Bonchev–Trinajstić information content (AvgIpc) is 2.47. The number of aryl methyl sites for hydroxylation is 1. The Hall–Kier alpha value is -1.87. The number of nitrogens with zero attached hydrogens (tertiary/aromatic N) is 1. The van der Waals surface area contributed by atoms with Crippen molar-refractivity contribution in [1.29, 1.82) is 0 Å². The maximum atomic E-state index is 5.67. The summed E-state index contributed by atoms with van der Waals surface area (Å²) >= 11 is 0. The van der Waals surface area contributed by atoms with Gasteiger partial charge in [-0.15, -0.1) is 0 Å². The van der Waals surface area contributed by atoms with Crippen molar-refractivity contribution in [3.05, 3.63) is 47.7 Å². The van der Waals surface area contributed by atoms with Crippen molar-refractivity contribution in [1.82, 2.24) is 10.3 Å². The summed E-state index contributed by atoms with van der Waals surface area (Å²) in [5.41, 5.74) is 4.32. The van der Waals surface area contributed by atoms with E-state index in [1.807, 2.05) is 25.1 Å². The van der Waals surface area contributed by atoms with E-state index in [4.69, 9.17) is 9.72 Å². The molecule has 0 radical (unpaired) electrons. The lowest BCUT2D eigenvalue weighted by atomic mass is 10.1. The molecule has 1 N–H and O–H groups in total. The molecule has 3 nitrogen and oxygen atoms in total. The van der Waals surface area contributed by atoms with Crippen molar-refractivity contribution >= 4 is 0 Å². The van der Waals surface area contributed by atoms with Crippen LogP contribution in [0.15, 0.2) is 36.4 Å². The van der Waals surface area contributed by atoms with Gasteiger partial charge in [0, 0.05) is 17.8 Å². The zero-order valence-corrected chi connectivity index (χ0v) is 12.4. The maximum absolute atomic E-state index is 5.67. The van der Waals surface area contributed by atoms with Crippen LogP contribution in [0.3, 0.4) is 0 Å². The first-order valence-electron chi connectivity index (χ1n) is 7.15. The molecule has 2 aromatic rings. The monoisotopic (exact) mass is 270 g/mol. The SMILES string of the molecule is CCNCc1ccc(-c2ccccc2OCC)nc1C. The molecule has 0 amide bonds. The Labute approximate surface area is 121 Å². The van der Waals surface area contributed by atoms with Crippen LogP contribution in [-0.2, 0) is 6.54 Å². The Morgan fingerprint density at radius 3 is 2.60 bits per heavy atom. The second-order valence-corrected chi connectivity index (χ2v) is 4.65. The normalized spacial score (nSPS) is 10.6. The molecule has 0 aliphatic rings. The number of rotatable bonds is 6. The molecule has 0 aliphatic carbocycles. The molecule has 2 rings (SSSR count). The molecule has 1 heterocycles. The van der Waals surface area contributed by atoms with Crippen molar-refractivity contribution in [3.63, 3.8) is 0 Å². The fraction of sp³-hybridized carbons (Fsp3) is 0.353. The summed E-state index contributed by atoms with van der Waals surface area (Å²) in [5.74, 6) is 0.890. The minimum absolute atomic E-state index is 0.661. The number of para-hydroxylation sites is 1. The Bertz CT molecular complexity index is 567. The van der Waals surface area contributed by atoms with E-state index in [0.29, 0.717) is 6.61 Å². The van der Waals surface area contributed by atoms with Gasteiger partial charge in [-0.05, 0) is 44.2 Å². The molecular weight excluding hydrogens is 248 g/mol. The fourth-order valence-corrected chi connectivity index (χ4v) is 2.15. The predicted octanol–water partition coefficient (Wildman–Crippen LogP) is 3.57. The lowest BCUT2D eigenvalue weighted by Crippen LogP contribution is -2.13. The van der Waals surface area contributed by atoms with E-state index >= 15 is 0 Å². The molecule has 1 aromatic carbocycles. The van der Waals surface area contributed by atoms with Crippen LogP contribution in [0.25, 0.3) is 11.3 Å². The molecule has 0 aliphatic heterocycles. The summed E-state index contributed by atoms with van der Waals surface area (Å²) < 4.78 is 5.67. The molecule has 0 saturated heterocycles. The third-order valence-corrected chi connectivity index (χ3v) is 3.22. The minimum Gasteiger partial charge on any atom is -0.493 e. The molecule has 1 aromatic heterocycles. The quantitative estimate of drug-likeness (QED) is 0.871. The topological polar surface area (TPSA) is 34.1 Å². The standard InChI is InChI=1S/C17H22N2O/c1-4-18-12-14-10-11-16(19-13(14)3)15-8-6-7-9-17(15)20-5-2/h6-11,18H,4-5,12H2,1-3H3. The van der Waals surface area contributed by atoms with E-state index in [0.717, 1.165) is 35.8 Å². The highest BCUT2D eigenvalue weighted by atomic mass is 16.5. The molecule has 0 fully saturated rings. The molecule has 0 spiro atoms. The summed E-state index contributed by atoms with van der Waals surface area (Å²) in [4.78, 5) is 4.72. The molecule has 0 saturated carbocycles. The Kier molecular flexibility index (Phi) is 5.13. The van der Waals surface area contributed by atoms with Gasteiger partial charge in [-0.1, -0.05) is 25.1 Å².